The van der Waals surface area contributed by atoms with Gasteiger partial charge in [0.25, 0.3) is 10.1 Å². The van der Waals surface area contributed by atoms with Gasteiger partial charge in [0.2, 0.25) is 10.0 Å². The van der Waals surface area contributed by atoms with Crippen molar-refractivity contribution in [3.8, 4) is 0 Å². The first-order valence-electron chi connectivity index (χ1n) is 4.79. The monoisotopic (exact) mass is 294 g/mol. The molecule has 1 radical (unpaired) electrons. The van der Waals surface area contributed by atoms with E-state index >= 15 is 0 Å². The van der Waals surface area contributed by atoms with Crippen LogP contribution in [0.4, 0.5) is 0 Å². The molecule has 0 amide bonds. The van der Waals surface area contributed by atoms with E-state index in [2.05, 4.69) is 0 Å². The van der Waals surface area contributed by atoms with Crippen molar-refractivity contribution < 1.29 is 26.5 Å². The van der Waals surface area contributed by atoms with Crippen LogP contribution >= 0.6 is 0 Å². The van der Waals surface area contributed by atoms with Crippen LogP contribution in [0.2, 0.25) is 0 Å². The Labute approximate surface area is 105 Å². The number of primary sulfonamides is 1. The molecule has 0 aromatic heterocycles. The second-order valence-electron chi connectivity index (χ2n) is 3.70. The second-order valence-corrected chi connectivity index (χ2v) is 6.62. The zero-order valence-corrected chi connectivity index (χ0v) is 11.1. The molecule has 1 rings (SSSR count). The van der Waals surface area contributed by atoms with Crippen LogP contribution in [-0.4, -0.2) is 28.0 Å². The molecule has 0 bridgehead atoms. The first-order chi connectivity index (χ1) is 8.07. The largest absolute Gasteiger partial charge is 0.294 e. The fraction of sp³-hybridized carbons (Fsp3) is 0.333. The molecule has 0 aliphatic heterocycles. The molecule has 0 atom stereocenters. The molecule has 0 fully saturated rings. The van der Waals surface area contributed by atoms with E-state index in [1.54, 1.807) is 0 Å². The van der Waals surface area contributed by atoms with E-state index in [1.165, 1.54) is 13.0 Å². The van der Waals surface area contributed by atoms with E-state index in [1.807, 2.05) is 0 Å². The van der Waals surface area contributed by atoms with E-state index in [-0.39, 0.29) is 17.5 Å². The normalized spacial score (nSPS) is 12.7. The second kappa shape index (κ2) is 4.94. The molecule has 7 nitrogen and oxygen atoms in total. The molecular weight excluding hydrogens is 282 g/mol. The molecule has 0 heterocycles. The number of hydrogen-bond donors (Lipinski definition) is 2. The lowest BCUT2D eigenvalue weighted by Crippen LogP contribution is -2.17. The van der Waals surface area contributed by atoms with E-state index in [4.69, 9.17) is 9.69 Å². The number of rotatable bonds is 4. The summed E-state index contributed by atoms with van der Waals surface area (Å²) in [6.07, 6.45) is -0.0988. The summed E-state index contributed by atoms with van der Waals surface area (Å²) in [7, 11) is -8.72. The highest BCUT2D eigenvalue weighted by molar-refractivity contribution is 7.89. The van der Waals surface area contributed by atoms with Crippen LogP contribution < -0.4 is 5.14 Å². The van der Waals surface area contributed by atoms with E-state index in [9.17, 15) is 21.9 Å². The van der Waals surface area contributed by atoms with Crippen molar-refractivity contribution in [2.45, 2.75) is 23.1 Å². The van der Waals surface area contributed by atoms with E-state index in [0.29, 0.717) is 0 Å². The van der Waals surface area contributed by atoms with Gasteiger partial charge >= 0.3 is 0 Å². The molecule has 0 saturated heterocycles. The highest BCUT2D eigenvalue weighted by Gasteiger charge is 2.21. The molecule has 0 saturated carbocycles. The summed E-state index contributed by atoms with van der Waals surface area (Å²) in [5.74, 6) is 0. The summed E-state index contributed by atoms with van der Waals surface area (Å²) in [6.45, 7) is 0.817. The lowest BCUT2D eigenvalue weighted by atomic mass is 10.1. The molecular formula is C9H12NO6S2. The Morgan fingerprint density at radius 3 is 2.11 bits per heavy atom. The zero-order chi connectivity index (χ0) is 14.1. The van der Waals surface area contributed by atoms with Gasteiger partial charge in [-0.25, -0.2) is 18.7 Å². The van der Waals surface area contributed by atoms with Gasteiger partial charge in [0.1, 0.15) is 0 Å². The lowest BCUT2D eigenvalue weighted by molar-refractivity contribution is 0.196. The summed E-state index contributed by atoms with van der Waals surface area (Å²) in [5.41, 5.74) is 0.283. The summed E-state index contributed by atoms with van der Waals surface area (Å²) < 4.78 is 53.7. The maximum Gasteiger partial charge on any atom is 0.294 e. The van der Waals surface area contributed by atoms with Crippen LogP contribution in [-0.2, 0) is 31.7 Å². The SMILES string of the molecule is Cc1cc(CC[O])c(S(N)(=O)=O)cc1S(=O)(=O)O. The van der Waals surface area contributed by atoms with E-state index < -0.39 is 36.5 Å². The van der Waals surface area contributed by atoms with Crippen molar-refractivity contribution in [3.63, 3.8) is 0 Å². The minimum atomic E-state index is -4.55. The van der Waals surface area contributed by atoms with Crippen molar-refractivity contribution >= 4 is 20.1 Å². The average Bonchev–Trinajstić information content (AvgIpc) is 2.13. The molecule has 0 unspecified atom stereocenters. The smallest absolute Gasteiger partial charge is 0.282 e. The van der Waals surface area contributed by atoms with Crippen molar-refractivity contribution in [3.05, 3.63) is 23.3 Å². The maximum atomic E-state index is 11.3. The summed E-state index contributed by atoms with van der Waals surface area (Å²) in [6, 6.07) is 1.99. The van der Waals surface area contributed by atoms with Crippen LogP contribution in [0.25, 0.3) is 0 Å². The van der Waals surface area contributed by atoms with Gasteiger partial charge in [-0.15, -0.1) is 0 Å². The van der Waals surface area contributed by atoms with Crippen LogP contribution in [0.3, 0.4) is 0 Å². The van der Waals surface area contributed by atoms with Crippen LogP contribution in [0.5, 0.6) is 0 Å². The first kappa shape index (κ1) is 15.1. The van der Waals surface area contributed by atoms with Crippen molar-refractivity contribution in [2.75, 3.05) is 6.61 Å². The number of sulfonamides is 1. The molecule has 18 heavy (non-hydrogen) atoms. The third-order valence-corrected chi connectivity index (χ3v) is 4.30. The molecule has 101 valence electrons. The zero-order valence-electron chi connectivity index (χ0n) is 9.45. The Balaban J connectivity index is 3.67. The lowest BCUT2D eigenvalue weighted by Gasteiger charge is -2.10. The molecule has 1 aromatic carbocycles. The predicted octanol–water partition coefficient (Wildman–Crippen LogP) is -0.138. The molecule has 9 heteroatoms. The molecule has 3 N–H and O–H groups in total. The number of benzene rings is 1. The minimum absolute atomic E-state index is 0.0988. The van der Waals surface area contributed by atoms with Gasteiger partial charge in [-0.1, -0.05) is 6.07 Å². The summed E-state index contributed by atoms with van der Waals surface area (Å²) in [5, 5.41) is 15.5. The number of nitrogens with two attached hydrogens (primary N) is 1. The third kappa shape index (κ3) is 3.27. The number of aryl methyl sites for hydroxylation is 1. The Bertz CT molecular complexity index is 663. The summed E-state index contributed by atoms with van der Waals surface area (Å²) >= 11 is 0. The van der Waals surface area contributed by atoms with Crippen LogP contribution in [0, 0.1) is 6.92 Å². The van der Waals surface area contributed by atoms with Gasteiger partial charge < -0.3 is 0 Å². The third-order valence-electron chi connectivity index (χ3n) is 2.31. The fourth-order valence-corrected chi connectivity index (χ4v) is 3.19. The van der Waals surface area contributed by atoms with Crippen LogP contribution in [0.15, 0.2) is 21.9 Å². The Kier molecular flexibility index (Phi) is 4.13. The Hall–Kier alpha value is -1.00. The van der Waals surface area contributed by atoms with Gasteiger partial charge in [0, 0.05) is 6.42 Å². The minimum Gasteiger partial charge on any atom is -0.282 e. The first-order valence-corrected chi connectivity index (χ1v) is 7.78. The van der Waals surface area contributed by atoms with Gasteiger partial charge in [0.15, 0.2) is 0 Å². The Morgan fingerprint density at radius 2 is 1.72 bits per heavy atom. The van der Waals surface area contributed by atoms with Gasteiger partial charge in [-0.3, -0.25) is 4.55 Å². The highest BCUT2D eigenvalue weighted by atomic mass is 32.2. The summed E-state index contributed by atoms with van der Waals surface area (Å²) in [4.78, 5) is -1.00. The molecule has 1 aromatic rings. The fourth-order valence-electron chi connectivity index (χ4n) is 1.58. The van der Waals surface area contributed by atoms with Gasteiger partial charge in [-0.05, 0) is 24.1 Å². The van der Waals surface area contributed by atoms with Crippen molar-refractivity contribution in [2.24, 2.45) is 5.14 Å². The van der Waals surface area contributed by atoms with Gasteiger partial charge in [0.05, 0.1) is 16.4 Å². The quantitative estimate of drug-likeness (QED) is 0.745. The molecule has 0 spiro atoms. The van der Waals surface area contributed by atoms with Crippen molar-refractivity contribution in [1.82, 2.24) is 0 Å². The Morgan fingerprint density at radius 1 is 1.17 bits per heavy atom. The average molecular weight is 294 g/mol. The molecule has 0 aliphatic rings. The topological polar surface area (TPSA) is 134 Å². The number of hydrogen-bond acceptors (Lipinski definition) is 4. The van der Waals surface area contributed by atoms with Crippen LogP contribution in [0.1, 0.15) is 11.1 Å². The van der Waals surface area contributed by atoms with Gasteiger partial charge in [-0.2, -0.15) is 8.42 Å². The van der Waals surface area contributed by atoms with Crippen molar-refractivity contribution in [1.29, 1.82) is 0 Å². The standard InChI is InChI=1S/C9H12NO6S2/c1-6-4-7(2-3-11)9(17(10,12)13)5-8(6)18(14,15)16/h4-5H,2-3H2,1H3,(H2,10,12,13)(H,14,15,16). The van der Waals surface area contributed by atoms with E-state index in [0.717, 1.165) is 6.07 Å². The predicted molar refractivity (Wildman–Crippen MR) is 61.6 cm³/mol. The molecule has 0 aliphatic carbocycles. The maximum absolute atomic E-state index is 11.3. The highest BCUT2D eigenvalue weighted by Crippen LogP contribution is 2.24.